The van der Waals surface area contributed by atoms with Gasteiger partial charge in [0.2, 0.25) is 5.82 Å². The van der Waals surface area contributed by atoms with Crippen LogP contribution < -0.4 is 9.47 Å². The molecule has 40 heavy (non-hydrogen) atoms. The maximum Gasteiger partial charge on any atom is 0.273 e. The van der Waals surface area contributed by atoms with E-state index in [1.807, 2.05) is 18.2 Å². The first-order valence-electron chi connectivity index (χ1n) is 12.3. The quantitative estimate of drug-likeness (QED) is 0.183. The average molecular weight is 580 g/mol. The van der Waals surface area contributed by atoms with Gasteiger partial charge in [0.15, 0.2) is 22.4 Å². The van der Waals surface area contributed by atoms with Gasteiger partial charge in [-0.15, -0.1) is 21.5 Å². The van der Waals surface area contributed by atoms with Crippen molar-refractivity contribution in [3.63, 3.8) is 0 Å². The molecule has 206 valence electrons. The molecule has 0 radical (unpaired) electrons. The summed E-state index contributed by atoms with van der Waals surface area (Å²) in [7, 11) is 4.94. The number of rotatable bonds is 11. The molecular formula is C28H26FN5O4S2. The lowest BCUT2D eigenvalue weighted by molar-refractivity contribution is 0.0791. The highest BCUT2D eigenvalue weighted by Crippen LogP contribution is 2.32. The topological polar surface area (TPSA) is 95.5 Å². The van der Waals surface area contributed by atoms with Crippen LogP contribution in [-0.4, -0.2) is 58.4 Å². The highest BCUT2D eigenvalue weighted by Gasteiger charge is 2.21. The number of aromatic nitrogens is 4. The standard InChI is InChI=1S/C28H26FN5O4S2/c1-33(13-12-18-10-11-22(36-2)24(15-18)37-3)27(35)20-16-39-25(30-20)17-40-28-32-31-26(23-9-6-14-38-23)34(28)21-8-5-4-7-19(21)29/h4-11,14-16H,12-13,17H2,1-3H3. The van der Waals surface area contributed by atoms with E-state index in [9.17, 15) is 9.18 Å². The Morgan fingerprint density at radius 3 is 2.67 bits per heavy atom. The lowest BCUT2D eigenvalue weighted by Gasteiger charge is -2.16. The number of furan rings is 1. The molecule has 0 aliphatic rings. The third-order valence-electron chi connectivity index (χ3n) is 6.09. The Labute approximate surface area is 238 Å². The number of methoxy groups -OCH3 is 2. The average Bonchev–Trinajstić information content (AvgIpc) is 3.75. The summed E-state index contributed by atoms with van der Waals surface area (Å²) >= 11 is 2.74. The first kappa shape index (κ1) is 27.4. The zero-order chi connectivity index (χ0) is 28.1. The SMILES string of the molecule is COc1ccc(CCN(C)C(=O)c2csc(CSc3nnc(-c4ccco4)n3-c3ccccc3F)n2)cc1OC. The van der Waals surface area contributed by atoms with Gasteiger partial charge < -0.3 is 18.8 Å². The van der Waals surface area contributed by atoms with Gasteiger partial charge in [0.05, 0.1) is 31.9 Å². The molecular weight excluding hydrogens is 553 g/mol. The molecule has 2 aromatic carbocycles. The Morgan fingerprint density at radius 1 is 1.10 bits per heavy atom. The second-order valence-corrected chi connectivity index (χ2v) is 10.5. The van der Waals surface area contributed by atoms with Crippen LogP contribution in [-0.2, 0) is 12.2 Å². The van der Waals surface area contributed by atoms with E-state index < -0.39 is 5.82 Å². The fraction of sp³-hybridized carbons (Fsp3) is 0.214. The van der Waals surface area contributed by atoms with Crippen molar-refractivity contribution in [3.05, 3.63) is 88.3 Å². The molecule has 0 saturated carbocycles. The van der Waals surface area contributed by atoms with Crippen LogP contribution in [0.4, 0.5) is 4.39 Å². The van der Waals surface area contributed by atoms with Crippen LogP contribution in [0.2, 0.25) is 0 Å². The van der Waals surface area contributed by atoms with Crippen LogP contribution in [0.25, 0.3) is 17.3 Å². The largest absolute Gasteiger partial charge is 0.493 e. The van der Waals surface area contributed by atoms with Crippen LogP contribution >= 0.6 is 23.1 Å². The maximum absolute atomic E-state index is 14.7. The van der Waals surface area contributed by atoms with Crippen molar-refractivity contribution in [2.75, 3.05) is 27.8 Å². The van der Waals surface area contributed by atoms with Crippen LogP contribution in [0, 0.1) is 5.82 Å². The summed E-state index contributed by atoms with van der Waals surface area (Å²) in [6, 6.07) is 15.6. The van der Waals surface area contributed by atoms with Gasteiger partial charge in [0, 0.05) is 19.0 Å². The van der Waals surface area contributed by atoms with E-state index in [-0.39, 0.29) is 5.91 Å². The molecule has 0 fully saturated rings. The summed E-state index contributed by atoms with van der Waals surface area (Å²) in [4.78, 5) is 19.2. The van der Waals surface area contributed by atoms with Crippen molar-refractivity contribution in [2.45, 2.75) is 17.3 Å². The Balaban J connectivity index is 1.26. The third kappa shape index (κ3) is 5.87. The second-order valence-electron chi connectivity index (χ2n) is 8.65. The molecule has 0 spiro atoms. The monoisotopic (exact) mass is 579 g/mol. The zero-order valence-electron chi connectivity index (χ0n) is 22.0. The minimum Gasteiger partial charge on any atom is -0.493 e. The first-order chi connectivity index (χ1) is 19.5. The predicted octanol–water partition coefficient (Wildman–Crippen LogP) is 5.75. The summed E-state index contributed by atoms with van der Waals surface area (Å²) < 4.78 is 32.5. The number of ether oxygens (including phenoxy) is 2. The minimum absolute atomic E-state index is 0.164. The van der Waals surface area contributed by atoms with Gasteiger partial charge in [-0.25, -0.2) is 9.37 Å². The van der Waals surface area contributed by atoms with Gasteiger partial charge in [0.25, 0.3) is 5.91 Å². The van der Waals surface area contributed by atoms with Gasteiger partial charge >= 0.3 is 0 Å². The van der Waals surface area contributed by atoms with Crippen molar-refractivity contribution in [3.8, 4) is 28.8 Å². The van der Waals surface area contributed by atoms with E-state index in [2.05, 4.69) is 15.2 Å². The van der Waals surface area contributed by atoms with E-state index in [0.717, 1.165) is 10.6 Å². The molecule has 5 rings (SSSR count). The molecule has 5 aromatic rings. The zero-order valence-corrected chi connectivity index (χ0v) is 23.7. The number of carbonyl (C=O) groups is 1. The molecule has 12 heteroatoms. The van der Waals surface area contributed by atoms with Gasteiger partial charge in [-0.05, 0) is 48.4 Å². The normalized spacial score (nSPS) is 11.0. The molecule has 0 aliphatic heterocycles. The number of halogens is 1. The van der Waals surface area contributed by atoms with Crippen LogP contribution in [0.5, 0.6) is 11.5 Å². The number of thiazole rings is 1. The highest BCUT2D eigenvalue weighted by atomic mass is 32.2. The number of benzene rings is 2. The predicted molar refractivity (Wildman–Crippen MR) is 151 cm³/mol. The third-order valence-corrected chi connectivity index (χ3v) is 8.07. The number of hydrogen-bond acceptors (Lipinski definition) is 9. The number of hydrogen-bond donors (Lipinski definition) is 0. The fourth-order valence-corrected chi connectivity index (χ4v) is 5.74. The number of likely N-dealkylation sites (N-methyl/N-ethyl adjacent to an activating group) is 1. The molecule has 0 unspecified atom stereocenters. The summed E-state index contributed by atoms with van der Waals surface area (Å²) in [5.41, 5.74) is 1.72. The van der Waals surface area contributed by atoms with Crippen LogP contribution in [0.15, 0.2) is 75.8 Å². The molecule has 1 amide bonds. The van der Waals surface area contributed by atoms with Gasteiger partial charge in [-0.2, -0.15) is 0 Å². The smallest absolute Gasteiger partial charge is 0.273 e. The molecule has 0 saturated heterocycles. The number of thioether (sulfide) groups is 1. The first-order valence-corrected chi connectivity index (χ1v) is 14.1. The molecule has 3 heterocycles. The number of para-hydroxylation sites is 1. The number of amides is 1. The van der Waals surface area contributed by atoms with Crippen molar-refractivity contribution >= 4 is 29.0 Å². The lowest BCUT2D eigenvalue weighted by Crippen LogP contribution is -2.29. The molecule has 9 nitrogen and oxygen atoms in total. The van der Waals surface area contributed by atoms with Gasteiger partial charge in [-0.3, -0.25) is 9.36 Å². The van der Waals surface area contributed by atoms with E-state index in [0.29, 0.717) is 58.3 Å². The number of nitrogens with zero attached hydrogens (tertiary/aromatic N) is 5. The van der Waals surface area contributed by atoms with Gasteiger partial charge in [0.1, 0.15) is 16.5 Å². The Hall–Kier alpha value is -4.16. The summed E-state index contributed by atoms with van der Waals surface area (Å²) in [5.74, 6) is 2.03. The fourth-order valence-electron chi connectivity index (χ4n) is 4.01. The van der Waals surface area contributed by atoms with Crippen LogP contribution in [0.1, 0.15) is 21.1 Å². The highest BCUT2D eigenvalue weighted by molar-refractivity contribution is 7.98. The minimum atomic E-state index is -0.407. The van der Waals surface area contributed by atoms with Crippen LogP contribution in [0.3, 0.4) is 0 Å². The van der Waals surface area contributed by atoms with E-state index in [1.165, 1.54) is 35.4 Å². The second kappa shape index (κ2) is 12.3. The van der Waals surface area contributed by atoms with Crippen molar-refractivity contribution in [1.82, 2.24) is 24.6 Å². The summed E-state index contributed by atoms with van der Waals surface area (Å²) in [6.45, 7) is 0.511. The Bertz CT molecular complexity index is 1600. The molecule has 0 aliphatic carbocycles. The Morgan fingerprint density at radius 2 is 1.93 bits per heavy atom. The summed E-state index contributed by atoms with van der Waals surface area (Å²) in [6.07, 6.45) is 2.18. The van der Waals surface area contributed by atoms with Crippen molar-refractivity contribution in [2.24, 2.45) is 0 Å². The van der Waals surface area contributed by atoms with Crippen molar-refractivity contribution in [1.29, 1.82) is 0 Å². The van der Waals surface area contributed by atoms with E-state index >= 15 is 0 Å². The van der Waals surface area contributed by atoms with Crippen molar-refractivity contribution < 1.29 is 23.1 Å². The maximum atomic E-state index is 14.7. The van der Waals surface area contributed by atoms with Gasteiger partial charge in [-0.1, -0.05) is 30.0 Å². The van der Waals surface area contributed by atoms with E-state index in [1.54, 1.807) is 66.4 Å². The number of carbonyl (C=O) groups excluding carboxylic acids is 1. The molecule has 3 aromatic heterocycles. The molecule has 0 N–H and O–H groups in total. The Kier molecular flexibility index (Phi) is 8.46. The van der Waals surface area contributed by atoms with E-state index in [4.69, 9.17) is 13.9 Å². The lowest BCUT2D eigenvalue weighted by atomic mass is 10.1. The summed E-state index contributed by atoms with van der Waals surface area (Å²) in [5, 5.41) is 11.5. The molecule has 0 bridgehead atoms. The molecule has 0 atom stereocenters.